The second kappa shape index (κ2) is 8.62. The number of hydrogen-bond donors (Lipinski definition) is 0. The lowest BCUT2D eigenvalue weighted by Crippen LogP contribution is -2.44. The van der Waals surface area contributed by atoms with Gasteiger partial charge in [0.2, 0.25) is 5.95 Å². The van der Waals surface area contributed by atoms with Gasteiger partial charge < -0.3 is 9.64 Å². The van der Waals surface area contributed by atoms with Crippen LogP contribution in [0.4, 0.5) is 19.1 Å². The van der Waals surface area contributed by atoms with Gasteiger partial charge in [-0.25, -0.2) is 15.0 Å². The van der Waals surface area contributed by atoms with E-state index in [1.165, 1.54) is 0 Å². The van der Waals surface area contributed by atoms with Crippen molar-refractivity contribution in [2.45, 2.75) is 83.1 Å². The van der Waals surface area contributed by atoms with Crippen LogP contribution in [0.15, 0.2) is 12.4 Å². The van der Waals surface area contributed by atoms with Crippen molar-refractivity contribution < 1.29 is 22.6 Å². The van der Waals surface area contributed by atoms with Gasteiger partial charge in [0.15, 0.2) is 5.65 Å². The van der Waals surface area contributed by atoms with Gasteiger partial charge in [-0.1, -0.05) is 0 Å². The third-order valence-electron chi connectivity index (χ3n) is 7.20. The molecule has 36 heavy (non-hydrogen) atoms. The molecule has 0 spiro atoms. The molecule has 2 saturated carbocycles. The molecule has 2 aliphatic carbocycles. The molecule has 3 aliphatic rings. The lowest BCUT2D eigenvalue weighted by Gasteiger charge is -2.38. The molecule has 0 radical (unpaired) electrons. The van der Waals surface area contributed by atoms with E-state index in [0.29, 0.717) is 41.9 Å². The minimum absolute atomic E-state index is 0.0742. The summed E-state index contributed by atoms with van der Waals surface area (Å²) in [5.41, 5.74) is 4.14. The van der Waals surface area contributed by atoms with Crippen LogP contribution in [-0.4, -0.2) is 61.4 Å². The second-order valence-electron chi connectivity index (χ2n) is 10.2. The Hall–Kier alpha value is -2.86. The second-order valence-corrected chi connectivity index (χ2v) is 10.2. The average Bonchev–Trinajstić information content (AvgIpc) is 3.51. The molecule has 0 amide bonds. The number of nitrogens with zero attached hydrogens (tertiary/aromatic N) is 7. The summed E-state index contributed by atoms with van der Waals surface area (Å²) in [6, 6.07) is 0.486. The SMILES string of the molecule is Cc1nc2nc(N3C[C@@H](C)O[C@H](c4cnn(C5CC5)c4)C3)nc(C3CC(OC(F)(F)F)C3)c2nc1C. The molecule has 0 bridgehead atoms. The Kier molecular flexibility index (Phi) is 5.63. The molecular formula is C24H28F3N7O2. The number of halogens is 3. The molecule has 2 atom stereocenters. The van der Waals surface area contributed by atoms with Crippen molar-refractivity contribution in [2.75, 3.05) is 18.0 Å². The molecule has 1 aliphatic heterocycles. The molecule has 0 N–H and O–H groups in total. The Morgan fingerprint density at radius 1 is 1.03 bits per heavy atom. The summed E-state index contributed by atoms with van der Waals surface area (Å²) < 4.78 is 50.5. The van der Waals surface area contributed by atoms with Gasteiger partial charge in [0.25, 0.3) is 0 Å². The molecule has 12 heteroatoms. The van der Waals surface area contributed by atoms with Gasteiger partial charge in [0.1, 0.15) is 11.6 Å². The van der Waals surface area contributed by atoms with E-state index < -0.39 is 12.5 Å². The summed E-state index contributed by atoms with van der Waals surface area (Å²) in [4.78, 5) is 21.0. The Morgan fingerprint density at radius 3 is 2.50 bits per heavy atom. The van der Waals surface area contributed by atoms with Crippen LogP contribution in [0.5, 0.6) is 0 Å². The largest absolute Gasteiger partial charge is 0.522 e. The van der Waals surface area contributed by atoms with Crippen molar-refractivity contribution in [1.29, 1.82) is 0 Å². The molecule has 6 rings (SSSR count). The minimum Gasteiger partial charge on any atom is -0.367 e. The molecule has 3 aromatic heterocycles. The van der Waals surface area contributed by atoms with Crippen LogP contribution in [0.1, 0.15) is 73.3 Å². The standard InChI is InChI=1S/C24H28F3N7O2/c1-12-9-33(11-19(35-12)16-8-28-34(10-16)17-4-5-17)23-31-20(15-6-18(7-15)36-24(25,26)27)21-22(32-23)30-14(3)13(2)29-21/h8,10,12,15,17-19H,4-7,9,11H2,1-3H3/t12-,15?,18?,19+/m1/s1. The molecule has 0 unspecified atom stereocenters. The van der Waals surface area contributed by atoms with E-state index in [0.717, 1.165) is 29.8 Å². The van der Waals surface area contributed by atoms with Crippen LogP contribution >= 0.6 is 0 Å². The van der Waals surface area contributed by atoms with E-state index in [1.54, 1.807) is 0 Å². The number of ether oxygens (including phenoxy) is 2. The lowest BCUT2D eigenvalue weighted by atomic mass is 9.79. The first kappa shape index (κ1) is 23.5. The summed E-state index contributed by atoms with van der Waals surface area (Å²) in [5.74, 6) is 0.286. The Balaban J connectivity index is 1.31. The number of aryl methyl sites for hydroxylation is 2. The van der Waals surface area contributed by atoms with Gasteiger partial charge in [-0.05, 0) is 46.5 Å². The highest BCUT2D eigenvalue weighted by Gasteiger charge is 2.42. The van der Waals surface area contributed by atoms with E-state index in [9.17, 15) is 13.2 Å². The van der Waals surface area contributed by atoms with Crippen molar-refractivity contribution in [3.63, 3.8) is 0 Å². The number of rotatable bonds is 5. The summed E-state index contributed by atoms with van der Waals surface area (Å²) in [5, 5.41) is 4.50. The van der Waals surface area contributed by atoms with E-state index >= 15 is 0 Å². The number of anilines is 1. The maximum absolute atomic E-state index is 12.7. The highest BCUT2D eigenvalue weighted by molar-refractivity contribution is 5.75. The van der Waals surface area contributed by atoms with Gasteiger partial charge in [-0.3, -0.25) is 9.42 Å². The molecule has 9 nitrogen and oxygen atoms in total. The zero-order chi connectivity index (χ0) is 25.2. The van der Waals surface area contributed by atoms with Crippen LogP contribution in [-0.2, 0) is 9.47 Å². The molecule has 3 aromatic rings. The summed E-state index contributed by atoms with van der Waals surface area (Å²) in [6.45, 7) is 6.84. The predicted molar refractivity (Wildman–Crippen MR) is 124 cm³/mol. The average molecular weight is 504 g/mol. The van der Waals surface area contributed by atoms with E-state index in [2.05, 4.69) is 30.9 Å². The van der Waals surface area contributed by atoms with Crippen LogP contribution in [0.25, 0.3) is 11.2 Å². The predicted octanol–water partition coefficient (Wildman–Crippen LogP) is 4.32. The van der Waals surface area contributed by atoms with Crippen LogP contribution in [0, 0.1) is 13.8 Å². The van der Waals surface area contributed by atoms with E-state index in [1.807, 2.05) is 31.6 Å². The topological polar surface area (TPSA) is 91.1 Å². The fourth-order valence-electron chi connectivity index (χ4n) is 4.98. The number of morpholine rings is 1. The quantitative estimate of drug-likeness (QED) is 0.509. The first-order chi connectivity index (χ1) is 17.1. The first-order valence-corrected chi connectivity index (χ1v) is 12.3. The maximum atomic E-state index is 12.7. The number of fused-ring (bicyclic) bond motifs is 1. The van der Waals surface area contributed by atoms with E-state index in [4.69, 9.17) is 14.7 Å². The van der Waals surface area contributed by atoms with Gasteiger partial charge in [0.05, 0.1) is 48.1 Å². The highest BCUT2D eigenvalue weighted by atomic mass is 19.4. The third kappa shape index (κ3) is 4.63. The number of alkyl halides is 3. The monoisotopic (exact) mass is 503 g/mol. The van der Waals surface area contributed by atoms with Crippen LogP contribution < -0.4 is 4.90 Å². The molecule has 0 aromatic carbocycles. The normalized spacial score (nSPS) is 26.9. The highest BCUT2D eigenvalue weighted by Crippen LogP contribution is 2.43. The number of aromatic nitrogens is 6. The fraction of sp³-hybridized carbons (Fsp3) is 0.625. The molecule has 192 valence electrons. The summed E-state index contributed by atoms with van der Waals surface area (Å²) in [6.07, 6.45) is 0.879. The maximum Gasteiger partial charge on any atom is 0.522 e. The van der Waals surface area contributed by atoms with E-state index in [-0.39, 0.29) is 31.0 Å². The number of hydrogen-bond acceptors (Lipinski definition) is 8. The lowest BCUT2D eigenvalue weighted by molar-refractivity contribution is -0.351. The Labute approximate surface area is 206 Å². The van der Waals surface area contributed by atoms with Crippen molar-refractivity contribution in [3.8, 4) is 0 Å². The first-order valence-electron chi connectivity index (χ1n) is 12.3. The van der Waals surface area contributed by atoms with Crippen molar-refractivity contribution >= 4 is 17.1 Å². The molecule has 4 heterocycles. The Bertz CT molecular complexity index is 1290. The zero-order valence-electron chi connectivity index (χ0n) is 20.4. The zero-order valence-corrected chi connectivity index (χ0v) is 20.4. The third-order valence-corrected chi connectivity index (χ3v) is 7.20. The van der Waals surface area contributed by atoms with Gasteiger partial charge in [0, 0.05) is 24.2 Å². The fourth-order valence-corrected chi connectivity index (χ4v) is 4.98. The van der Waals surface area contributed by atoms with Crippen molar-refractivity contribution in [2.24, 2.45) is 0 Å². The molecular weight excluding hydrogens is 475 g/mol. The molecule has 1 saturated heterocycles. The van der Waals surface area contributed by atoms with Crippen LogP contribution in [0.3, 0.4) is 0 Å². The van der Waals surface area contributed by atoms with Gasteiger partial charge in [-0.15, -0.1) is 13.2 Å². The van der Waals surface area contributed by atoms with Crippen molar-refractivity contribution in [3.05, 3.63) is 35.0 Å². The Morgan fingerprint density at radius 2 is 1.78 bits per heavy atom. The van der Waals surface area contributed by atoms with Gasteiger partial charge >= 0.3 is 6.36 Å². The summed E-state index contributed by atoms with van der Waals surface area (Å²) >= 11 is 0. The summed E-state index contributed by atoms with van der Waals surface area (Å²) in [7, 11) is 0. The smallest absolute Gasteiger partial charge is 0.367 e. The minimum atomic E-state index is -4.64. The molecule has 3 fully saturated rings. The van der Waals surface area contributed by atoms with Gasteiger partial charge in [-0.2, -0.15) is 10.1 Å². The van der Waals surface area contributed by atoms with Crippen molar-refractivity contribution in [1.82, 2.24) is 29.7 Å². The van der Waals surface area contributed by atoms with Crippen LogP contribution in [0.2, 0.25) is 0 Å².